The summed E-state index contributed by atoms with van der Waals surface area (Å²) in [5.74, 6) is 0.653. The first-order valence-electron chi connectivity index (χ1n) is 10.6. The zero-order chi connectivity index (χ0) is 21.5. The molecule has 1 aliphatic heterocycles. The van der Waals surface area contributed by atoms with Crippen LogP contribution in [0.3, 0.4) is 0 Å². The lowest BCUT2D eigenvalue weighted by Gasteiger charge is -2.40. The van der Waals surface area contributed by atoms with Crippen molar-refractivity contribution in [2.45, 2.75) is 6.04 Å². The number of carbonyl (C=O) groups excluding carboxylic acids is 1. The Bertz CT molecular complexity index is 956. The van der Waals surface area contributed by atoms with Crippen LogP contribution in [0, 0.1) is 0 Å². The summed E-state index contributed by atoms with van der Waals surface area (Å²) in [6, 6.07) is 21.8. The monoisotopic (exact) mass is 416 g/mol. The van der Waals surface area contributed by atoms with E-state index in [0.717, 1.165) is 37.5 Å². The molecule has 0 bridgehead atoms. The molecule has 1 aliphatic rings. The highest BCUT2D eigenvalue weighted by molar-refractivity contribution is 5.94. The number of hydrogen-bond donors (Lipinski definition) is 1. The third-order valence-electron chi connectivity index (χ3n) is 5.75. The molecule has 0 aliphatic carbocycles. The molecule has 160 valence electrons. The molecule has 0 spiro atoms. The van der Waals surface area contributed by atoms with Crippen molar-refractivity contribution in [3.05, 3.63) is 90.3 Å². The Labute approximate surface area is 183 Å². The highest BCUT2D eigenvalue weighted by Crippen LogP contribution is 2.23. The van der Waals surface area contributed by atoms with Gasteiger partial charge in [0.15, 0.2) is 0 Å². The maximum absolute atomic E-state index is 12.7. The van der Waals surface area contributed by atoms with Gasteiger partial charge in [0.2, 0.25) is 0 Å². The van der Waals surface area contributed by atoms with Gasteiger partial charge in [0.05, 0.1) is 13.2 Å². The van der Waals surface area contributed by atoms with Gasteiger partial charge in [-0.25, -0.2) is 0 Å². The maximum Gasteiger partial charge on any atom is 0.251 e. The predicted molar refractivity (Wildman–Crippen MR) is 123 cm³/mol. The molecule has 0 saturated carbocycles. The van der Waals surface area contributed by atoms with Crippen LogP contribution in [0.1, 0.15) is 22.0 Å². The molecule has 4 rings (SSSR count). The summed E-state index contributed by atoms with van der Waals surface area (Å²) in [6.45, 7) is 4.28. The summed E-state index contributed by atoms with van der Waals surface area (Å²) in [5.41, 5.74) is 3.00. The predicted octanol–water partition coefficient (Wildman–Crippen LogP) is 3.38. The second-order valence-corrected chi connectivity index (χ2v) is 7.60. The topological polar surface area (TPSA) is 57.7 Å². The summed E-state index contributed by atoms with van der Waals surface area (Å²) in [5, 5.41) is 3.11. The molecule has 2 aromatic carbocycles. The number of amides is 1. The minimum atomic E-state index is -0.0838. The van der Waals surface area contributed by atoms with Crippen LogP contribution in [0.25, 0.3) is 0 Å². The van der Waals surface area contributed by atoms with Crippen molar-refractivity contribution in [2.24, 2.45) is 0 Å². The summed E-state index contributed by atoms with van der Waals surface area (Å²) < 4.78 is 5.18. The quantitative estimate of drug-likeness (QED) is 0.640. The van der Waals surface area contributed by atoms with Crippen LogP contribution < -0.4 is 15.0 Å². The van der Waals surface area contributed by atoms with E-state index >= 15 is 0 Å². The van der Waals surface area contributed by atoms with Gasteiger partial charge in [0, 0.05) is 56.4 Å². The maximum atomic E-state index is 12.7. The first-order chi connectivity index (χ1) is 15.2. The molecule has 6 nitrogen and oxygen atoms in total. The number of para-hydroxylation sites is 1. The summed E-state index contributed by atoms with van der Waals surface area (Å²) in [7, 11) is 1.62. The number of pyridine rings is 1. The van der Waals surface area contributed by atoms with Gasteiger partial charge < -0.3 is 15.0 Å². The summed E-state index contributed by atoms with van der Waals surface area (Å²) in [6.07, 6.45) is 3.68. The van der Waals surface area contributed by atoms with E-state index in [4.69, 9.17) is 4.74 Å². The second-order valence-electron chi connectivity index (χ2n) is 7.60. The Hall–Kier alpha value is -3.38. The van der Waals surface area contributed by atoms with Crippen molar-refractivity contribution in [3.8, 4) is 5.75 Å². The zero-order valence-electron chi connectivity index (χ0n) is 17.8. The highest BCUT2D eigenvalue weighted by atomic mass is 16.5. The van der Waals surface area contributed by atoms with Gasteiger partial charge in [0.1, 0.15) is 5.75 Å². The van der Waals surface area contributed by atoms with Gasteiger partial charge in [-0.2, -0.15) is 0 Å². The summed E-state index contributed by atoms with van der Waals surface area (Å²) in [4.78, 5) is 21.9. The van der Waals surface area contributed by atoms with Crippen molar-refractivity contribution in [2.75, 3.05) is 44.7 Å². The molecular weight excluding hydrogens is 388 g/mol. The largest absolute Gasteiger partial charge is 0.497 e. The number of methoxy groups -OCH3 is 1. The SMILES string of the molecule is COc1ccc(C(=O)NC[C@H](c2cccnc2)N2CCN(c3ccccc3)CC2)cc1. The molecule has 1 saturated heterocycles. The van der Waals surface area contributed by atoms with Crippen LogP contribution in [0.2, 0.25) is 0 Å². The van der Waals surface area contributed by atoms with E-state index in [2.05, 4.69) is 50.4 Å². The molecule has 0 radical (unpaired) electrons. The molecule has 1 aromatic heterocycles. The van der Waals surface area contributed by atoms with Crippen LogP contribution in [0.4, 0.5) is 5.69 Å². The molecule has 1 fully saturated rings. The molecule has 1 atom stereocenters. The number of nitrogens with one attached hydrogen (secondary N) is 1. The summed E-state index contributed by atoms with van der Waals surface area (Å²) >= 11 is 0. The van der Waals surface area contributed by atoms with Crippen LogP contribution >= 0.6 is 0 Å². The van der Waals surface area contributed by atoms with Crippen LogP contribution in [0.15, 0.2) is 79.1 Å². The van der Waals surface area contributed by atoms with E-state index < -0.39 is 0 Å². The molecule has 1 amide bonds. The lowest BCUT2D eigenvalue weighted by molar-refractivity contribution is 0.0930. The molecule has 6 heteroatoms. The average Bonchev–Trinajstić information content (AvgIpc) is 2.85. The Morgan fingerprint density at radius 1 is 1.00 bits per heavy atom. The number of carbonyl (C=O) groups is 1. The third-order valence-corrected chi connectivity index (χ3v) is 5.75. The van der Waals surface area contributed by atoms with Gasteiger partial charge in [-0.3, -0.25) is 14.7 Å². The van der Waals surface area contributed by atoms with E-state index in [1.54, 1.807) is 37.6 Å². The minimum Gasteiger partial charge on any atom is -0.497 e. The van der Waals surface area contributed by atoms with E-state index in [0.29, 0.717) is 12.1 Å². The molecule has 2 heterocycles. The molecular formula is C25H28N4O2. The number of nitrogens with zero attached hydrogens (tertiary/aromatic N) is 3. The number of aromatic nitrogens is 1. The Balaban J connectivity index is 1.42. The van der Waals surface area contributed by atoms with Crippen LogP contribution in [-0.4, -0.2) is 55.6 Å². The number of anilines is 1. The lowest BCUT2D eigenvalue weighted by atomic mass is 10.1. The third kappa shape index (κ3) is 5.22. The first kappa shape index (κ1) is 20.9. The molecule has 31 heavy (non-hydrogen) atoms. The smallest absolute Gasteiger partial charge is 0.251 e. The van der Waals surface area contributed by atoms with E-state index in [1.165, 1.54) is 5.69 Å². The second kappa shape index (κ2) is 10.1. The number of rotatable bonds is 7. The van der Waals surface area contributed by atoms with Crippen molar-refractivity contribution in [3.63, 3.8) is 0 Å². The van der Waals surface area contributed by atoms with Crippen LogP contribution in [-0.2, 0) is 0 Å². The highest BCUT2D eigenvalue weighted by Gasteiger charge is 2.26. The van der Waals surface area contributed by atoms with Gasteiger partial charge in [-0.1, -0.05) is 24.3 Å². The molecule has 1 N–H and O–H groups in total. The molecule has 3 aromatic rings. The zero-order valence-corrected chi connectivity index (χ0v) is 17.8. The fourth-order valence-electron chi connectivity index (χ4n) is 4.00. The standard InChI is InChI=1S/C25H28N4O2/c1-31-23-11-9-20(10-12-23)25(30)27-19-24(21-6-5-13-26-18-21)29-16-14-28(15-17-29)22-7-3-2-4-8-22/h2-13,18,24H,14-17,19H2,1H3,(H,27,30)/t24-/m1/s1. The van der Waals surface area contributed by atoms with Crippen molar-refractivity contribution in [1.82, 2.24) is 15.2 Å². The van der Waals surface area contributed by atoms with Crippen molar-refractivity contribution >= 4 is 11.6 Å². The Morgan fingerprint density at radius 3 is 2.39 bits per heavy atom. The van der Waals surface area contributed by atoms with E-state index in [1.807, 2.05) is 18.3 Å². The number of ether oxygens (including phenoxy) is 1. The van der Waals surface area contributed by atoms with Crippen LogP contribution in [0.5, 0.6) is 5.75 Å². The lowest BCUT2D eigenvalue weighted by Crippen LogP contribution is -2.50. The number of hydrogen-bond acceptors (Lipinski definition) is 5. The Kier molecular flexibility index (Phi) is 6.79. The molecule has 0 unspecified atom stereocenters. The Morgan fingerprint density at radius 2 is 1.74 bits per heavy atom. The van der Waals surface area contributed by atoms with Gasteiger partial charge in [0.25, 0.3) is 5.91 Å². The van der Waals surface area contributed by atoms with Gasteiger partial charge in [-0.15, -0.1) is 0 Å². The fraction of sp³-hybridized carbons (Fsp3) is 0.280. The normalized spacial score (nSPS) is 15.3. The first-order valence-corrected chi connectivity index (χ1v) is 10.6. The number of benzene rings is 2. The fourth-order valence-corrected chi connectivity index (χ4v) is 4.00. The van der Waals surface area contributed by atoms with E-state index in [9.17, 15) is 4.79 Å². The number of piperazine rings is 1. The van der Waals surface area contributed by atoms with Gasteiger partial charge in [-0.05, 0) is 48.0 Å². The van der Waals surface area contributed by atoms with Crippen molar-refractivity contribution in [1.29, 1.82) is 0 Å². The van der Waals surface area contributed by atoms with E-state index in [-0.39, 0.29) is 11.9 Å². The average molecular weight is 417 g/mol. The van der Waals surface area contributed by atoms with Crippen molar-refractivity contribution < 1.29 is 9.53 Å². The minimum absolute atomic E-state index is 0.0776. The van der Waals surface area contributed by atoms with Gasteiger partial charge >= 0.3 is 0 Å².